The second-order valence-electron chi connectivity index (χ2n) is 11.2. The maximum Gasteiger partial charge on any atom is 0.246 e. The van der Waals surface area contributed by atoms with Gasteiger partial charge in [-0.15, -0.1) is 0 Å². The molecule has 2 aromatic carbocycles. The number of nitrogens with zero attached hydrogens (tertiary/aromatic N) is 5. The van der Waals surface area contributed by atoms with Gasteiger partial charge >= 0.3 is 0 Å². The van der Waals surface area contributed by atoms with Crippen LogP contribution in [0.2, 0.25) is 0 Å². The minimum atomic E-state index is -0.0685. The average Bonchev–Trinajstić information content (AvgIpc) is 3.36. The molecular formula is C32H36N6O2. The molecule has 0 aliphatic carbocycles. The summed E-state index contributed by atoms with van der Waals surface area (Å²) in [5, 5.41) is 16.4. The summed E-state index contributed by atoms with van der Waals surface area (Å²) in [4.78, 5) is 23.5. The molecule has 6 rings (SSSR count). The third-order valence-corrected chi connectivity index (χ3v) is 8.67. The van der Waals surface area contributed by atoms with Gasteiger partial charge in [0.2, 0.25) is 11.8 Å². The highest BCUT2D eigenvalue weighted by molar-refractivity contribution is 5.97. The molecule has 40 heavy (non-hydrogen) atoms. The molecule has 1 N–H and O–H groups in total. The van der Waals surface area contributed by atoms with Crippen molar-refractivity contribution in [2.75, 3.05) is 50.1 Å². The maximum absolute atomic E-state index is 12.0. The number of carbonyl (C=O) groups excluding carboxylic acids is 1. The van der Waals surface area contributed by atoms with Crippen LogP contribution in [0, 0.1) is 18.3 Å². The van der Waals surface area contributed by atoms with Gasteiger partial charge < -0.3 is 24.8 Å². The second kappa shape index (κ2) is 10.8. The van der Waals surface area contributed by atoms with Crippen molar-refractivity contribution in [1.29, 1.82) is 5.26 Å². The van der Waals surface area contributed by atoms with Crippen LogP contribution in [-0.2, 0) is 17.8 Å². The third-order valence-electron chi connectivity index (χ3n) is 8.67. The number of likely N-dealkylation sites (N-methyl/N-ethyl adjacent to an activating group) is 1. The van der Waals surface area contributed by atoms with Gasteiger partial charge in [0.1, 0.15) is 18.2 Å². The summed E-state index contributed by atoms with van der Waals surface area (Å²) in [5.41, 5.74) is 5.74. The summed E-state index contributed by atoms with van der Waals surface area (Å²) in [6, 6.07) is 15.7. The number of hydrogen-bond acceptors (Lipinski definition) is 7. The Hall–Kier alpha value is -4.09. The first-order valence-corrected chi connectivity index (χ1v) is 14.2. The fraction of sp³-hybridized carbons (Fsp3) is 0.406. The maximum atomic E-state index is 12.0. The van der Waals surface area contributed by atoms with Gasteiger partial charge in [-0.3, -0.25) is 4.79 Å². The van der Waals surface area contributed by atoms with Crippen LogP contribution in [0.25, 0.3) is 10.8 Å². The molecule has 4 heterocycles. The number of ether oxygens (including phenoxy) is 1. The minimum Gasteiger partial charge on any atom is -0.475 e. The van der Waals surface area contributed by atoms with E-state index in [4.69, 9.17) is 9.72 Å². The van der Waals surface area contributed by atoms with Gasteiger partial charge in [-0.1, -0.05) is 36.9 Å². The number of amides is 1. The van der Waals surface area contributed by atoms with Crippen molar-refractivity contribution < 1.29 is 9.53 Å². The number of pyridine rings is 1. The van der Waals surface area contributed by atoms with Crippen LogP contribution in [-0.4, -0.2) is 72.6 Å². The molecule has 3 aromatic rings. The third kappa shape index (κ3) is 4.75. The summed E-state index contributed by atoms with van der Waals surface area (Å²) < 4.78 is 6.32. The van der Waals surface area contributed by atoms with Crippen LogP contribution in [0.3, 0.4) is 0 Å². The zero-order chi connectivity index (χ0) is 27.8. The van der Waals surface area contributed by atoms with E-state index in [1.54, 1.807) is 4.90 Å². The lowest BCUT2D eigenvalue weighted by Crippen LogP contribution is -2.56. The highest BCUT2D eigenvalue weighted by Gasteiger charge is 2.33. The lowest BCUT2D eigenvalue weighted by atomic mass is 9.96. The van der Waals surface area contributed by atoms with Gasteiger partial charge in [-0.2, -0.15) is 5.26 Å². The molecule has 0 saturated carbocycles. The van der Waals surface area contributed by atoms with Crippen molar-refractivity contribution in [2.45, 2.75) is 44.8 Å². The molecule has 3 aliphatic rings. The lowest BCUT2D eigenvalue weighted by Gasteiger charge is -2.40. The molecule has 0 bridgehead atoms. The van der Waals surface area contributed by atoms with E-state index in [0.717, 1.165) is 49.3 Å². The number of hydrogen-bond donors (Lipinski definition) is 1. The summed E-state index contributed by atoms with van der Waals surface area (Å²) >= 11 is 0. The predicted molar refractivity (Wildman–Crippen MR) is 158 cm³/mol. The summed E-state index contributed by atoms with van der Waals surface area (Å²) in [6.45, 7) is 9.94. The number of anilines is 2. The first-order chi connectivity index (χ1) is 19.5. The second-order valence-corrected chi connectivity index (χ2v) is 11.2. The number of benzene rings is 2. The molecule has 0 radical (unpaired) electrons. The van der Waals surface area contributed by atoms with Crippen LogP contribution in [0.4, 0.5) is 11.4 Å². The number of nitrogens with one attached hydrogen (secondary N) is 1. The van der Waals surface area contributed by atoms with E-state index in [9.17, 15) is 10.1 Å². The first kappa shape index (κ1) is 26.1. The zero-order valence-electron chi connectivity index (χ0n) is 23.3. The highest BCUT2D eigenvalue weighted by Crippen LogP contribution is 2.38. The molecule has 0 spiro atoms. The number of aryl methyl sites for hydroxylation is 1. The molecule has 2 fully saturated rings. The molecule has 1 amide bonds. The van der Waals surface area contributed by atoms with Gasteiger partial charge in [0.05, 0.1) is 24.0 Å². The Bertz CT molecular complexity index is 1500. The van der Waals surface area contributed by atoms with Gasteiger partial charge in [0, 0.05) is 42.3 Å². The van der Waals surface area contributed by atoms with Gasteiger partial charge in [-0.05, 0) is 62.9 Å². The SMILES string of the molecule is C=CC(=O)N1CC(Nc2c(C#N)c(OC[C@H]3CCCN3C)nc3c2CCN(c2cccc4cccc(C)c24)C3)C1. The monoisotopic (exact) mass is 536 g/mol. The summed E-state index contributed by atoms with van der Waals surface area (Å²) in [7, 11) is 2.12. The van der Waals surface area contributed by atoms with Gasteiger partial charge in [0.25, 0.3) is 0 Å². The Morgan fingerprint density at radius 1 is 1.25 bits per heavy atom. The zero-order valence-corrected chi connectivity index (χ0v) is 23.3. The minimum absolute atomic E-state index is 0.0649. The Morgan fingerprint density at radius 2 is 2.05 bits per heavy atom. The van der Waals surface area contributed by atoms with Crippen LogP contribution in [0.15, 0.2) is 49.1 Å². The number of aromatic nitrogens is 1. The Kier molecular flexibility index (Phi) is 7.07. The van der Waals surface area contributed by atoms with Gasteiger partial charge in [-0.25, -0.2) is 4.98 Å². The topological polar surface area (TPSA) is 84.7 Å². The lowest BCUT2D eigenvalue weighted by molar-refractivity contribution is -0.129. The van der Waals surface area contributed by atoms with Crippen molar-refractivity contribution in [3.8, 4) is 11.9 Å². The van der Waals surface area contributed by atoms with Crippen molar-refractivity contribution in [2.24, 2.45) is 0 Å². The van der Waals surface area contributed by atoms with Crippen molar-refractivity contribution in [3.63, 3.8) is 0 Å². The van der Waals surface area contributed by atoms with Crippen LogP contribution >= 0.6 is 0 Å². The van der Waals surface area contributed by atoms with E-state index < -0.39 is 0 Å². The summed E-state index contributed by atoms with van der Waals surface area (Å²) in [6.07, 6.45) is 4.34. The number of carbonyl (C=O) groups is 1. The van der Waals surface area contributed by atoms with E-state index in [1.807, 2.05) is 0 Å². The standard InChI is InChI=1S/C32H36N6O2/c1-4-29(39)38-17-23(18-38)34-31-25-13-15-37(28-12-6-10-22-9-5-8-21(2)30(22)28)19-27(25)35-32(26(31)16-33)40-20-24-11-7-14-36(24)3/h4-6,8-10,12,23-24H,1,7,11,13-15,17-20H2,2-3H3,(H,34,35)/t24-/m1/s1. The van der Waals surface area contributed by atoms with Crippen molar-refractivity contribution in [1.82, 2.24) is 14.8 Å². The molecule has 1 aromatic heterocycles. The van der Waals surface area contributed by atoms with E-state index in [0.29, 0.717) is 43.7 Å². The van der Waals surface area contributed by atoms with Crippen LogP contribution in [0.1, 0.15) is 35.2 Å². The van der Waals surface area contributed by atoms with E-state index in [-0.39, 0.29) is 11.9 Å². The molecule has 8 heteroatoms. The van der Waals surface area contributed by atoms with Gasteiger partial charge in [0.15, 0.2) is 0 Å². The van der Waals surface area contributed by atoms with Crippen LogP contribution < -0.4 is 15.0 Å². The first-order valence-electron chi connectivity index (χ1n) is 14.2. The van der Waals surface area contributed by atoms with E-state index in [2.05, 4.69) is 78.1 Å². The molecule has 0 unspecified atom stereocenters. The normalized spacial score (nSPS) is 19.2. The Balaban J connectivity index is 1.34. The van der Waals surface area contributed by atoms with E-state index >= 15 is 0 Å². The quantitative estimate of drug-likeness (QED) is 0.452. The van der Waals surface area contributed by atoms with Crippen molar-refractivity contribution >= 4 is 28.1 Å². The highest BCUT2D eigenvalue weighted by atomic mass is 16.5. The molecule has 2 saturated heterocycles. The number of rotatable bonds is 7. The van der Waals surface area contributed by atoms with E-state index in [1.165, 1.54) is 28.1 Å². The summed E-state index contributed by atoms with van der Waals surface area (Å²) in [5.74, 6) is 0.333. The smallest absolute Gasteiger partial charge is 0.246 e. The molecule has 206 valence electrons. The Labute approximate surface area is 235 Å². The largest absolute Gasteiger partial charge is 0.475 e. The predicted octanol–water partition coefficient (Wildman–Crippen LogP) is 4.26. The molecule has 8 nitrogen and oxygen atoms in total. The number of nitriles is 1. The molecular weight excluding hydrogens is 500 g/mol. The molecule has 3 aliphatic heterocycles. The Morgan fingerprint density at radius 3 is 2.77 bits per heavy atom. The number of likely N-dealkylation sites (tertiary alicyclic amines) is 2. The van der Waals surface area contributed by atoms with Crippen LogP contribution in [0.5, 0.6) is 5.88 Å². The average molecular weight is 537 g/mol. The fourth-order valence-electron chi connectivity index (χ4n) is 6.34. The molecule has 1 atom stereocenters. The van der Waals surface area contributed by atoms with Crippen molar-refractivity contribution in [3.05, 3.63) is 71.4 Å². The number of fused-ring (bicyclic) bond motifs is 2. The fourth-order valence-corrected chi connectivity index (χ4v) is 6.34.